The highest BCUT2D eigenvalue weighted by Crippen LogP contribution is 2.14. The molecule has 12 heteroatoms. The minimum absolute atomic E-state index is 0.133. The Bertz CT molecular complexity index is 871. The molecule has 0 atom stereocenters. The largest absolute Gasteiger partial charge is 0.455 e. The summed E-state index contributed by atoms with van der Waals surface area (Å²) in [5, 5.41) is 11.5. The van der Waals surface area contributed by atoms with Crippen LogP contribution in [0.3, 0.4) is 0 Å². The minimum atomic E-state index is -0.734. The Kier molecular flexibility index (Phi) is 7.84. The molecule has 1 aromatic carbocycles. The van der Waals surface area contributed by atoms with Gasteiger partial charge in [-0.25, -0.2) is 0 Å². The number of nitrogens with zero attached hydrogens (tertiary/aromatic N) is 2. The van der Waals surface area contributed by atoms with Gasteiger partial charge in [0.15, 0.2) is 6.61 Å². The van der Waals surface area contributed by atoms with E-state index in [-0.39, 0.29) is 12.8 Å². The zero-order chi connectivity index (χ0) is 20.5. The molecule has 0 fully saturated rings. The number of anilines is 1. The first-order valence-corrected chi connectivity index (χ1v) is 9.13. The molecule has 3 amide bonds. The maximum Gasteiger partial charge on any atom is 0.306 e. The zero-order valence-electron chi connectivity index (χ0n) is 14.7. The van der Waals surface area contributed by atoms with E-state index in [1.807, 2.05) is 0 Å². The molecule has 0 bridgehead atoms. The van der Waals surface area contributed by atoms with Crippen LogP contribution in [0.2, 0.25) is 5.02 Å². The van der Waals surface area contributed by atoms with Gasteiger partial charge in [-0.3, -0.25) is 30.0 Å². The van der Waals surface area contributed by atoms with E-state index in [1.165, 1.54) is 35.6 Å². The second-order valence-electron chi connectivity index (χ2n) is 5.34. The molecule has 0 radical (unpaired) electrons. The average Bonchev–Trinajstić information content (AvgIpc) is 3.07. The summed E-state index contributed by atoms with van der Waals surface area (Å²) in [5.74, 6) is -2.44. The number of aryl methyl sites for hydroxylation is 1. The van der Waals surface area contributed by atoms with E-state index in [4.69, 9.17) is 16.3 Å². The lowest BCUT2D eigenvalue weighted by Crippen LogP contribution is -2.43. The van der Waals surface area contributed by atoms with Gasteiger partial charge in [0.2, 0.25) is 11.0 Å². The number of carbonyl (C=O) groups excluding carboxylic acids is 4. The van der Waals surface area contributed by atoms with Crippen molar-refractivity contribution in [3.63, 3.8) is 0 Å². The smallest absolute Gasteiger partial charge is 0.306 e. The van der Waals surface area contributed by atoms with Crippen LogP contribution < -0.4 is 16.2 Å². The summed E-state index contributed by atoms with van der Waals surface area (Å²) in [5.41, 5.74) is 4.57. The van der Waals surface area contributed by atoms with Crippen molar-refractivity contribution in [2.24, 2.45) is 0 Å². The predicted molar refractivity (Wildman–Crippen MR) is 101 cm³/mol. The summed E-state index contributed by atoms with van der Waals surface area (Å²) in [7, 11) is 0. The Morgan fingerprint density at radius 1 is 1.04 bits per heavy atom. The maximum absolute atomic E-state index is 11.8. The van der Waals surface area contributed by atoms with Gasteiger partial charge in [-0.1, -0.05) is 22.9 Å². The van der Waals surface area contributed by atoms with Crippen molar-refractivity contribution in [2.45, 2.75) is 19.8 Å². The van der Waals surface area contributed by atoms with Crippen molar-refractivity contribution in [3.05, 3.63) is 39.9 Å². The first-order chi connectivity index (χ1) is 13.3. The Hall–Kier alpha value is -3.05. The highest BCUT2D eigenvalue weighted by atomic mass is 35.5. The lowest BCUT2D eigenvalue weighted by Gasteiger charge is -2.08. The molecule has 10 nitrogen and oxygen atoms in total. The van der Waals surface area contributed by atoms with E-state index in [9.17, 15) is 19.2 Å². The number of esters is 1. The highest BCUT2D eigenvalue weighted by Gasteiger charge is 2.13. The number of rotatable bonds is 7. The molecule has 1 heterocycles. The normalized spacial score (nSPS) is 10.1. The fraction of sp³-hybridized carbons (Fsp3) is 0.250. The molecule has 3 N–H and O–H groups in total. The molecular formula is C16H16ClN5O5S. The Labute approximate surface area is 168 Å². The number of nitrogens with one attached hydrogen (secondary N) is 3. The van der Waals surface area contributed by atoms with Crippen LogP contribution in [0.4, 0.5) is 5.13 Å². The van der Waals surface area contributed by atoms with Crippen LogP contribution in [0.1, 0.15) is 28.2 Å². The van der Waals surface area contributed by atoms with Gasteiger partial charge in [-0.15, -0.1) is 10.2 Å². The third kappa shape index (κ3) is 7.29. The Morgan fingerprint density at radius 3 is 2.39 bits per heavy atom. The monoisotopic (exact) mass is 425 g/mol. The third-order valence-electron chi connectivity index (χ3n) is 3.11. The molecule has 148 valence electrons. The topological polar surface area (TPSA) is 139 Å². The van der Waals surface area contributed by atoms with Crippen LogP contribution in [0.15, 0.2) is 24.3 Å². The van der Waals surface area contributed by atoms with E-state index in [0.29, 0.717) is 20.7 Å². The molecule has 0 saturated heterocycles. The molecule has 0 aliphatic carbocycles. The molecule has 2 aromatic rings. The lowest BCUT2D eigenvalue weighted by atomic mass is 10.2. The first kappa shape index (κ1) is 21.3. The highest BCUT2D eigenvalue weighted by molar-refractivity contribution is 7.15. The fourth-order valence-corrected chi connectivity index (χ4v) is 2.53. The van der Waals surface area contributed by atoms with Crippen molar-refractivity contribution < 1.29 is 23.9 Å². The Morgan fingerprint density at radius 2 is 1.75 bits per heavy atom. The van der Waals surface area contributed by atoms with Crippen LogP contribution in [-0.4, -0.2) is 40.5 Å². The molecule has 1 aromatic heterocycles. The van der Waals surface area contributed by atoms with Crippen molar-refractivity contribution in [3.8, 4) is 0 Å². The van der Waals surface area contributed by atoms with Crippen LogP contribution in [-0.2, 0) is 19.1 Å². The quantitative estimate of drug-likeness (QED) is 0.447. The van der Waals surface area contributed by atoms with Crippen LogP contribution >= 0.6 is 22.9 Å². The van der Waals surface area contributed by atoms with Crippen LogP contribution in [0.5, 0.6) is 0 Å². The van der Waals surface area contributed by atoms with E-state index in [0.717, 1.165) is 0 Å². The number of benzene rings is 1. The molecule has 0 aliphatic heterocycles. The molecule has 0 aliphatic rings. The van der Waals surface area contributed by atoms with E-state index >= 15 is 0 Å². The molecule has 0 saturated carbocycles. The lowest BCUT2D eigenvalue weighted by molar-refractivity contribution is -0.149. The van der Waals surface area contributed by atoms with Gasteiger partial charge in [0.25, 0.3) is 11.8 Å². The predicted octanol–water partition coefficient (Wildman–Crippen LogP) is 1.22. The second kappa shape index (κ2) is 10.3. The SMILES string of the molecule is Cc1nnc(NC(=O)CCC(=O)OCC(=O)NNC(=O)c2ccc(Cl)cc2)s1. The number of amides is 3. The summed E-state index contributed by atoms with van der Waals surface area (Å²) in [6, 6.07) is 6.03. The van der Waals surface area contributed by atoms with Crippen molar-refractivity contribution >= 4 is 51.8 Å². The molecule has 0 spiro atoms. The number of carbonyl (C=O) groups is 4. The second-order valence-corrected chi connectivity index (χ2v) is 6.96. The van der Waals surface area contributed by atoms with Crippen molar-refractivity contribution in [1.82, 2.24) is 21.0 Å². The van der Waals surface area contributed by atoms with Crippen molar-refractivity contribution in [2.75, 3.05) is 11.9 Å². The summed E-state index contributed by atoms with van der Waals surface area (Å²) in [4.78, 5) is 46.7. The number of ether oxygens (including phenoxy) is 1. The summed E-state index contributed by atoms with van der Waals surface area (Å²) < 4.78 is 4.74. The zero-order valence-corrected chi connectivity index (χ0v) is 16.2. The number of hydrogen-bond donors (Lipinski definition) is 3. The average molecular weight is 426 g/mol. The van der Waals surface area contributed by atoms with Gasteiger partial charge in [0.1, 0.15) is 5.01 Å². The number of halogens is 1. The van der Waals surface area contributed by atoms with E-state index in [1.54, 1.807) is 6.92 Å². The molecule has 28 heavy (non-hydrogen) atoms. The van der Waals surface area contributed by atoms with E-state index < -0.39 is 30.3 Å². The minimum Gasteiger partial charge on any atom is -0.455 e. The molecule has 0 unspecified atom stereocenters. The number of hydrogen-bond acceptors (Lipinski definition) is 8. The third-order valence-corrected chi connectivity index (χ3v) is 4.12. The first-order valence-electron chi connectivity index (χ1n) is 7.94. The van der Waals surface area contributed by atoms with Gasteiger partial charge in [-0.05, 0) is 31.2 Å². The number of aromatic nitrogens is 2. The Balaban J connectivity index is 1.62. The summed E-state index contributed by atoms with van der Waals surface area (Å²) >= 11 is 6.93. The van der Waals surface area contributed by atoms with Crippen LogP contribution in [0, 0.1) is 6.92 Å². The van der Waals surface area contributed by atoms with Gasteiger partial charge in [0.05, 0.1) is 6.42 Å². The molecule has 2 rings (SSSR count). The van der Waals surface area contributed by atoms with Gasteiger partial charge in [0, 0.05) is 17.0 Å². The standard InChI is InChI=1S/C16H16ClN5O5S/c1-9-19-22-16(28-9)18-12(23)6-7-14(25)27-8-13(24)20-21-15(26)10-2-4-11(17)5-3-10/h2-5H,6-8H2,1H3,(H,20,24)(H,21,26)(H,18,22,23). The fourth-order valence-electron chi connectivity index (χ4n) is 1.80. The maximum atomic E-state index is 11.8. The van der Waals surface area contributed by atoms with Crippen molar-refractivity contribution in [1.29, 1.82) is 0 Å². The van der Waals surface area contributed by atoms with Crippen LogP contribution in [0.25, 0.3) is 0 Å². The summed E-state index contributed by atoms with van der Waals surface area (Å²) in [6.07, 6.45) is -0.347. The molecular weight excluding hydrogens is 410 g/mol. The van der Waals surface area contributed by atoms with E-state index in [2.05, 4.69) is 26.4 Å². The summed E-state index contributed by atoms with van der Waals surface area (Å²) in [6.45, 7) is 1.14. The van der Waals surface area contributed by atoms with Gasteiger partial charge < -0.3 is 10.1 Å². The number of hydrazine groups is 1. The van der Waals surface area contributed by atoms with Gasteiger partial charge >= 0.3 is 5.97 Å². The van der Waals surface area contributed by atoms with Gasteiger partial charge in [-0.2, -0.15) is 0 Å².